The van der Waals surface area contributed by atoms with Crippen molar-refractivity contribution in [1.82, 2.24) is 5.32 Å². The van der Waals surface area contributed by atoms with Crippen LogP contribution in [0.15, 0.2) is 0 Å². The molecule has 0 aromatic carbocycles. The van der Waals surface area contributed by atoms with Crippen LogP contribution in [0.2, 0.25) is 0 Å². The predicted octanol–water partition coefficient (Wildman–Crippen LogP) is 1.48. The van der Waals surface area contributed by atoms with E-state index in [0.29, 0.717) is 13.0 Å². The van der Waals surface area contributed by atoms with Gasteiger partial charge >= 0.3 is 0 Å². The molecule has 1 rings (SSSR count). The van der Waals surface area contributed by atoms with Crippen LogP contribution in [-0.2, 0) is 14.3 Å². The second kappa shape index (κ2) is 8.82. The normalized spacial score (nSPS) is 25.2. The van der Waals surface area contributed by atoms with Gasteiger partial charge in [-0.25, -0.2) is 0 Å². The van der Waals surface area contributed by atoms with Crippen LogP contribution < -0.4 is 11.1 Å². The third-order valence-corrected chi connectivity index (χ3v) is 4.73. The summed E-state index contributed by atoms with van der Waals surface area (Å²) in [5.74, 6) is 0.0168. The van der Waals surface area contributed by atoms with E-state index >= 15 is 0 Å². The van der Waals surface area contributed by atoms with Crippen LogP contribution in [0.3, 0.4) is 0 Å². The number of halogens is 1. The molecule has 1 fully saturated rings. The van der Waals surface area contributed by atoms with Gasteiger partial charge in [0.1, 0.15) is 0 Å². The van der Waals surface area contributed by atoms with Gasteiger partial charge in [-0.15, -0.1) is 12.4 Å². The van der Waals surface area contributed by atoms with Gasteiger partial charge in [0.05, 0.1) is 18.6 Å². The summed E-state index contributed by atoms with van der Waals surface area (Å²) in [4.78, 5) is 12.0. The smallest absolute Gasteiger partial charge is 0.222 e. The van der Waals surface area contributed by atoms with E-state index in [0.717, 1.165) is 19.3 Å². The Balaban J connectivity index is 0.00000361. The van der Waals surface area contributed by atoms with Crippen LogP contribution in [0.1, 0.15) is 39.5 Å². The highest BCUT2D eigenvalue weighted by molar-refractivity contribution is 5.85. The third-order valence-electron chi connectivity index (χ3n) is 4.73. The van der Waals surface area contributed by atoms with E-state index in [4.69, 9.17) is 15.2 Å². The Morgan fingerprint density at radius 3 is 2.40 bits per heavy atom. The maximum atomic E-state index is 12.0. The zero-order valence-corrected chi connectivity index (χ0v) is 13.8. The van der Waals surface area contributed by atoms with Crippen LogP contribution in [0, 0.1) is 5.41 Å². The number of rotatable bonds is 8. The van der Waals surface area contributed by atoms with Crippen molar-refractivity contribution in [1.29, 1.82) is 0 Å². The quantitative estimate of drug-likeness (QED) is 0.712. The molecule has 3 N–H and O–H groups in total. The van der Waals surface area contributed by atoms with Crippen molar-refractivity contribution in [2.24, 2.45) is 11.1 Å². The van der Waals surface area contributed by atoms with Gasteiger partial charge in [-0.3, -0.25) is 4.79 Å². The minimum atomic E-state index is -0.198. The molecule has 3 atom stereocenters. The second-order valence-corrected chi connectivity index (χ2v) is 5.32. The molecule has 0 aromatic rings. The number of methoxy groups -OCH3 is 2. The molecule has 3 unspecified atom stereocenters. The third kappa shape index (κ3) is 3.85. The monoisotopic (exact) mass is 308 g/mol. The van der Waals surface area contributed by atoms with Crippen molar-refractivity contribution in [2.45, 2.75) is 57.8 Å². The fourth-order valence-corrected chi connectivity index (χ4v) is 3.20. The minimum Gasteiger partial charge on any atom is -0.381 e. The molecular formula is C14H29ClN2O3. The first-order chi connectivity index (χ1) is 9.07. The largest absolute Gasteiger partial charge is 0.381 e. The van der Waals surface area contributed by atoms with Crippen molar-refractivity contribution in [3.63, 3.8) is 0 Å². The molecule has 1 amide bonds. The van der Waals surface area contributed by atoms with Crippen molar-refractivity contribution in [2.75, 3.05) is 20.8 Å². The number of nitrogens with two attached hydrogens (primary N) is 1. The number of amides is 1. The number of nitrogens with one attached hydrogen (secondary N) is 1. The van der Waals surface area contributed by atoms with Crippen LogP contribution in [0.5, 0.6) is 0 Å². The van der Waals surface area contributed by atoms with Gasteiger partial charge < -0.3 is 20.5 Å². The maximum absolute atomic E-state index is 12.0. The van der Waals surface area contributed by atoms with E-state index in [9.17, 15) is 4.79 Å². The molecule has 1 saturated carbocycles. The van der Waals surface area contributed by atoms with Gasteiger partial charge in [-0.2, -0.15) is 0 Å². The highest BCUT2D eigenvalue weighted by Gasteiger charge is 2.53. The fraction of sp³-hybridized carbons (Fsp3) is 0.929. The predicted molar refractivity (Wildman–Crippen MR) is 82.1 cm³/mol. The Bertz CT molecular complexity index is 294. The molecule has 0 aromatic heterocycles. The van der Waals surface area contributed by atoms with Crippen molar-refractivity contribution >= 4 is 18.3 Å². The SMILES string of the molecule is CCC1(CC)C(NC(=O)CC(CN)OC)CC1OC.Cl. The topological polar surface area (TPSA) is 73.6 Å². The molecule has 1 aliphatic rings. The van der Waals surface area contributed by atoms with E-state index in [1.807, 2.05) is 0 Å². The van der Waals surface area contributed by atoms with E-state index in [1.54, 1.807) is 14.2 Å². The summed E-state index contributed by atoms with van der Waals surface area (Å²) in [6.07, 6.45) is 3.29. The van der Waals surface area contributed by atoms with Crippen molar-refractivity contribution < 1.29 is 14.3 Å². The molecule has 5 nitrogen and oxygen atoms in total. The summed E-state index contributed by atoms with van der Waals surface area (Å²) in [5, 5.41) is 3.12. The second-order valence-electron chi connectivity index (χ2n) is 5.32. The summed E-state index contributed by atoms with van der Waals surface area (Å²) in [6.45, 7) is 4.68. The molecule has 120 valence electrons. The Morgan fingerprint density at radius 2 is 2.00 bits per heavy atom. The Labute approximate surface area is 128 Å². The van der Waals surface area contributed by atoms with Crippen LogP contribution in [0.25, 0.3) is 0 Å². The summed E-state index contributed by atoms with van der Waals surface area (Å²) < 4.78 is 10.7. The molecule has 0 aliphatic heterocycles. The lowest BCUT2D eigenvalue weighted by Gasteiger charge is -2.55. The molecular weight excluding hydrogens is 280 g/mol. The molecule has 0 radical (unpaired) electrons. The standard InChI is InChI=1S/C14H28N2O3.ClH/c1-5-14(6-2)11(8-12(14)19-4)16-13(17)7-10(9-15)18-3;/h10-12H,5-9,15H2,1-4H3,(H,16,17);1H. The molecule has 0 heterocycles. The van der Waals surface area contributed by atoms with Gasteiger partial charge in [0.15, 0.2) is 0 Å². The fourth-order valence-electron chi connectivity index (χ4n) is 3.20. The first-order valence-corrected chi connectivity index (χ1v) is 7.12. The summed E-state index contributed by atoms with van der Waals surface area (Å²) in [5.41, 5.74) is 5.61. The van der Waals surface area contributed by atoms with Crippen LogP contribution in [0.4, 0.5) is 0 Å². The van der Waals surface area contributed by atoms with Gasteiger partial charge in [-0.05, 0) is 19.3 Å². The first kappa shape index (κ1) is 19.6. The van der Waals surface area contributed by atoms with Gasteiger partial charge in [0.25, 0.3) is 0 Å². The zero-order chi connectivity index (χ0) is 14.5. The highest BCUT2D eigenvalue weighted by atomic mass is 35.5. The Hall–Kier alpha value is -0.360. The Morgan fingerprint density at radius 1 is 1.40 bits per heavy atom. The molecule has 1 aliphatic carbocycles. The molecule has 20 heavy (non-hydrogen) atoms. The maximum Gasteiger partial charge on any atom is 0.222 e. The lowest BCUT2D eigenvalue weighted by molar-refractivity contribution is -0.142. The van der Waals surface area contributed by atoms with E-state index in [-0.39, 0.29) is 42.0 Å². The van der Waals surface area contributed by atoms with Gasteiger partial charge in [0, 0.05) is 32.2 Å². The van der Waals surface area contributed by atoms with E-state index < -0.39 is 0 Å². The van der Waals surface area contributed by atoms with Gasteiger partial charge in [-0.1, -0.05) is 13.8 Å². The van der Waals surface area contributed by atoms with Crippen LogP contribution >= 0.6 is 12.4 Å². The van der Waals surface area contributed by atoms with Crippen LogP contribution in [-0.4, -0.2) is 44.9 Å². The summed E-state index contributed by atoms with van der Waals surface area (Å²) >= 11 is 0. The van der Waals surface area contributed by atoms with Crippen molar-refractivity contribution in [3.8, 4) is 0 Å². The van der Waals surface area contributed by atoms with E-state index in [1.165, 1.54) is 0 Å². The van der Waals surface area contributed by atoms with Gasteiger partial charge in [0.2, 0.25) is 5.91 Å². The average Bonchev–Trinajstić information content (AvgIpc) is 2.41. The number of carbonyl (C=O) groups is 1. The lowest BCUT2D eigenvalue weighted by Crippen LogP contribution is -2.64. The van der Waals surface area contributed by atoms with E-state index in [2.05, 4.69) is 19.2 Å². The number of hydrogen-bond donors (Lipinski definition) is 2. The number of ether oxygens (including phenoxy) is 2. The molecule has 0 spiro atoms. The zero-order valence-electron chi connectivity index (χ0n) is 13.0. The molecule has 0 bridgehead atoms. The van der Waals surface area contributed by atoms with Crippen molar-refractivity contribution in [3.05, 3.63) is 0 Å². The molecule has 6 heteroatoms. The summed E-state index contributed by atoms with van der Waals surface area (Å²) in [7, 11) is 3.33. The number of hydrogen-bond acceptors (Lipinski definition) is 4. The first-order valence-electron chi connectivity index (χ1n) is 7.12. The lowest BCUT2D eigenvalue weighted by atomic mass is 9.58. The average molecular weight is 309 g/mol. The minimum absolute atomic E-state index is 0. The Kier molecular flexibility index (Phi) is 8.66. The highest BCUT2D eigenvalue weighted by Crippen LogP contribution is 2.48. The molecule has 0 saturated heterocycles. The summed E-state index contributed by atoms with van der Waals surface area (Å²) in [6, 6.07) is 0.204. The number of carbonyl (C=O) groups excluding carboxylic acids is 1.